The van der Waals surface area contributed by atoms with Gasteiger partial charge in [0.25, 0.3) is 5.91 Å². The van der Waals surface area contributed by atoms with Crippen molar-refractivity contribution in [3.05, 3.63) is 23.9 Å². The number of carbonyl (C=O) groups excluding carboxylic acids is 1. The highest BCUT2D eigenvalue weighted by atomic mass is 16.1. The lowest BCUT2D eigenvalue weighted by Crippen LogP contribution is -2.34. The number of rotatable bonds is 3. The van der Waals surface area contributed by atoms with Gasteiger partial charge < -0.3 is 11.1 Å². The smallest absolute Gasteiger partial charge is 0.269 e. The van der Waals surface area contributed by atoms with Crippen molar-refractivity contribution in [1.29, 1.82) is 0 Å². The third-order valence-electron chi connectivity index (χ3n) is 3.49. The molecular weight excluding hydrogens is 214 g/mol. The maximum absolute atomic E-state index is 11.9. The quantitative estimate of drug-likeness (QED) is 0.838. The minimum Gasteiger partial charge on any atom is -0.384 e. The van der Waals surface area contributed by atoms with Gasteiger partial charge in [0.2, 0.25) is 0 Å². The molecule has 3 N–H and O–H groups in total. The Morgan fingerprint density at radius 3 is 2.82 bits per heavy atom. The molecule has 1 aliphatic rings. The molecule has 4 heteroatoms. The van der Waals surface area contributed by atoms with Crippen molar-refractivity contribution >= 4 is 11.7 Å². The summed E-state index contributed by atoms with van der Waals surface area (Å²) in [7, 11) is 0. The first-order valence-electron chi connectivity index (χ1n) is 6.10. The van der Waals surface area contributed by atoms with E-state index in [2.05, 4.69) is 17.2 Å². The number of hydrogen-bond donors (Lipinski definition) is 2. The van der Waals surface area contributed by atoms with Crippen LogP contribution in [-0.4, -0.2) is 17.4 Å². The van der Waals surface area contributed by atoms with Crippen LogP contribution >= 0.6 is 0 Å². The van der Waals surface area contributed by atoms with Gasteiger partial charge in [-0.3, -0.25) is 4.79 Å². The molecule has 1 aromatic rings. The maximum Gasteiger partial charge on any atom is 0.269 e. The van der Waals surface area contributed by atoms with Crippen molar-refractivity contribution in [3.63, 3.8) is 0 Å². The van der Waals surface area contributed by atoms with E-state index >= 15 is 0 Å². The van der Waals surface area contributed by atoms with Crippen LogP contribution in [0.2, 0.25) is 0 Å². The van der Waals surface area contributed by atoms with Crippen molar-refractivity contribution in [2.45, 2.75) is 32.6 Å². The van der Waals surface area contributed by atoms with E-state index in [0.29, 0.717) is 11.5 Å². The first kappa shape index (κ1) is 11.9. The van der Waals surface area contributed by atoms with E-state index in [1.165, 1.54) is 25.7 Å². The van der Waals surface area contributed by atoms with E-state index in [9.17, 15) is 4.79 Å². The van der Waals surface area contributed by atoms with Crippen LogP contribution in [0.5, 0.6) is 0 Å². The zero-order valence-corrected chi connectivity index (χ0v) is 10.2. The molecule has 0 aromatic carbocycles. The average molecular weight is 233 g/mol. The van der Waals surface area contributed by atoms with E-state index in [1.54, 1.807) is 18.2 Å². The molecule has 0 radical (unpaired) electrons. The molecule has 17 heavy (non-hydrogen) atoms. The third kappa shape index (κ3) is 2.96. The molecule has 1 aliphatic carbocycles. The SMILES string of the molecule is CC1(CNC(=O)c2cccc(N)n2)CCCC1. The lowest BCUT2D eigenvalue weighted by atomic mass is 9.89. The molecule has 0 atom stereocenters. The summed E-state index contributed by atoms with van der Waals surface area (Å²) in [5, 5.41) is 2.95. The van der Waals surface area contributed by atoms with Crippen LogP contribution in [-0.2, 0) is 0 Å². The summed E-state index contributed by atoms with van der Waals surface area (Å²) < 4.78 is 0. The first-order valence-corrected chi connectivity index (χ1v) is 6.10. The Hall–Kier alpha value is -1.58. The number of anilines is 1. The molecule has 0 unspecified atom stereocenters. The summed E-state index contributed by atoms with van der Waals surface area (Å²) >= 11 is 0. The first-order chi connectivity index (χ1) is 8.09. The van der Waals surface area contributed by atoms with Gasteiger partial charge in [0, 0.05) is 6.54 Å². The summed E-state index contributed by atoms with van der Waals surface area (Å²) in [5.41, 5.74) is 6.20. The van der Waals surface area contributed by atoms with Crippen LogP contribution in [0.4, 0.5) is 5.82 Å². The standard InChI is InChI=1S/C13H19N3O/c1-13(7-2-3-8-13)9-15-12(17)10-5-4-6-11(14)16-10/h4-6H,2-3,7-9H2,1H3,(H2,14,16)(H,15,17). The summed E-state index contributed by atoms with van der Waals surface area (Å²) in [6.45, 7) is 2.95. The topological polar surface area (TPSA) is 68.0 Å². The Morgan fingerprint density at radius 2 is 2.18 bits per heavy atom. The van der Waals surface area contributed by atoms with Gasteiger partial charge in [-0.05, 0) is 30.4 Å². The van der Waals surface area contributed by atoms with Crippen molar-refractivity contribution in [1.82, 2.24) is 10.3 Å². The number of amides is 1. The Labute approximate surface area is 102 Å². The molecule has 2 rings (SSSR count). The van der Waals surface area contributed by atoms with Gasteiger partial charge in [0.05, 0.1) is 0 Å². The van der Waals surface area contributed by atoms with Crippen molar-refractivity contribution < 1.29 is 4.79 Å². The predicted molar refractivity (Wildman–Crippen MR) is 67.6 cm³/mol. The fourth-order valence-corrected chi connectivity index (χ4v) is 2.37. The van der Waals surface area contributed by atoms with Gasteiger partial charge in [0.15, 0.2) is 0 Å². The lowest BCUT2D eigenvalue weighted by molar-refractivity contribution is 0.0929. The number of hydrogen-bond acceptors (Lipinski definition) is 3. The highest BCUT2D eigenvalue weighted by Crippen LogP contribution is 2.36. The number of pyridine rings is 1. The van der Waals surface area contributed by atoms with Gasteiger partial charge in [-0.25, -0.2) is 4.98 Å². The van der Waals surface area contributed by atoms with E-state index < -0.39 is 0 Å². The molecular formula is C13H19N3O. The lowest BCUT2D eigenvalue weighted by Gasteiger charge is -2.23. The second-order valence-corrected chi connectivity index (χ2v) is 5.15. The Bertz CT molecular complexity index is 411. The fraction of sp³-hybridized carbons (Fsp3) is 0.538. The van der Waals surface area contributed by atoms with Crippen LogP contribution in [0.3, 0.4) is 0 Å². The highest BCUT2D eigenvalue weighted by Gasteiger charge is 2.29. The predicted octanol–water partition coefficient (Wildman–Crippen LogP) is 1.97. The molecule has 0 aliphatic heterocycles. The zero-order chi connectivity index (χ0) is 12.3. The minimum atomic E-state index is -0.134. The molecule has 1 amide bonds. The van der Waals surface area contributed by atoms with E-state index in [-0.39, 0.29) is 11.3 Å². The summed E-state index contributed by atoms with van der Waals surface area (Å²) in [6.07, 6.45) is 4.92. The van der Waals surface area contributed by atoms with E-state index in [1.807, 2.05) is 0 Å². The van der Waals surface area contributed by atoms with Crippen molar-refractivity contribution in [2.75, 3.05) is 12.3 Å². The summed E-state index contributed by atoms with van der Waals surface area (Å²) in [4.78, 5) is 15.9. The Morgan fingerprint density at radius 1 is 1.47 bits per heavy atom. The average Bonchev–Trinajstić information content (AvgIpc) is 2.74. The molecule has 0 saturated heterocycles. The van der Waals surface area contributed by atoms with Gasteiger partial charge in [0.1, 0.15) is 11.5 Å². The molecule has 1 aromatic heterocycles. The van der Waals surface area contributed by atoms with Gasteiger partial charge in [-0.15, -0.1) is 0 Å². The largest absolute Gasteiger partial charge is 0.384 e. The van der Waals surface area contributed by atoms with Crippen LogP contribution in [0.25, 0.3) is 0 Å². The maximum atomic E-state index is 11.9. The Balaban J connectivity index is 1.93. The van der Waals surface area contributed by atoms with E-state index in [4.69, 9.17) is 5.73 Å². The molecule has 1 saturated carbocycles. The van der Waals surface area contributed by atoms with Crippen LogP contribution < -0.4 is 11.1 Å². The summed E-state index contributed by atoms with van der Waals surface area (Å²) in [6, 6.07) is 5.10. The number of nitrogens with zero attached hydrogens (tertiary/aromatic N) is 1. The normalized spacial score (nSPS) is 17.9. The molecule has 0 bridgehead atoms. The number of carbonyl (C=O) groups is 1. The third-order valence-corrected chi connectivity index (χ3v) is 3.49. The molecule has 92 valence electrons. The minimum absolute atomic E-state index is 0.134. The monoisotopic (exact) mass is 233 g/mol. The van der Waals surface area contributed by atoms with Crippen LogP contribution in [0.15, 0.2) is 18.2 Å². The van der Waals surface area contributed by atoms with Gasteiger partial charge in [-0.2, -0.15) is 0 Å². The van der Waals surface area contributed by atoms with Crippen LogP contribution in [0.1, 0.15) is 43.1 Å². The zero-order valence-electron chi connectivity index (χ0n) is 10.2. The second-order valence-electron chi connectivity index (χ2n) is 5.15. The Kier molecular flexibility index (Phi) is 3.31. The highest BCUT2D eigenvalue weighted by molar-refractivity contribution is 5.92. The van der Waals surface area contributed by atoms with Crippen molar-refractivity contribution in [3.8, 4) is 0 Å². The van der Waals surface area contributed by atoms with Gasteiger partial charge in [-0.1, -0.05) is 25.8 Å². The number of nitrogens with one attached hydrogen (secondary N) is 1. The van der Waals surface area contributed by atoms with E-state index in [0.717, 1.165) is 6.54 Å². The number of nitrogen functional groups attached to an aromatic ring is 1. The van der Waals surface area contributed by atoms with Crippen LogP contribution in [0, 0.1) is 5.41 Å². The molecule has 4 nitrogen and oxygen atoms in total. The summed E-state index contributed by atoms with van der Waals surface area (Å²) in [5.74, 6) is 0.246. The molecule has 0 spiro atoms. The number of nitrogens with two attached hydrogens (primary N) is 1. The van der Waals surface area contributed by atoms with Gasteiger partial charge >= 0.3 is 0 Å². The fourth-order valence-electron chi connectivity index (χ4n) is 2.37. The van der Waals surface area contributed by atoms with Crippen molar-refractivity contribution in [2.24, 2.45) is 5.41 Å². The molecule has 1 fully saturated rings. The molecule has 1 heterocycles. The number of aromatic nitrogens is 1. The second kappa shape index (κ2) is 4.73.